The van der Waals surface area contributed by atoms with Gasteiger partial charge >= 0.3 is 5.97 Å². The Hall–Kier alpha value is -1.25. The van der Waals surface area contributed by atoms with Crippen LogP contribution in [0.5, 0.6) is 0 Å². The molecule has 12 heavy (non-hydrogen) atoms. The number of aliphatic carboxylic acids is 1. The fourth-order valence-electron chi connectivity index (χ4n) is 0.656. The number of hydrogen-bond donors (Lipinski definition) is 1. The number of carboxylic acid groups (broad SMARTS) is 1. The largest absolute Gasteiger partial charge is 0.502 e. The molecule has 3 nitrogen and oxygen atoms in total. The van der Waals surface area contributed by atoms with Crippen LogP contribution in [0.25, 0.3) is 0 Å². The Bertz CT molecular complexity index is 182. The van der Waals surface area contributed by atoms with Gasteiger partial charge in [-0.05, 0) is 19.8 Å². The van der Waals surface area contributed by atoms with Crippen molar-refractivity contribution in [1.82, 2.24) is 0 Å². The Balaban J connectivity index is 3.46. The molecule has 1 N–H and O–H groups in total. The second-order valence-corrected chi connectivity index (χ2v) is 2.37. The predicted molar refractivity (Wildman–Crippen MR) is 46.8 cm³/mol. The van der Waals surface area contributed by atoms with Crippen molar-refractivity contribution < 1.29 is 14.6 Å². The minimum Gasteiger partial charge on any atom is -0.502 e. The van der Waals surface area contributed by atoms with Crippen molar-refractivity contribution in [2.75, 3.05) is 6.61 Å². The molecule has 0 radical (unpaired) electrons. The van der Waals surface area contributed by atoms with Gasteiger partial charge in [-0.15, -0.1) is 0 Å². The van der Waals surface area contributed by atoms with Gasteiger partial charge in [0.2, 0.25) is 0 Å². The molecule has 0 bridgehead atoms. The molecule has 0 spiro atoms. The topological polar surface area (TPSA) is 46.5 Å². The second-order valence-electron chi connectivity index (χ2n) is 2.37. The van der Waals surface area contributed by atoms with Crippen LogP contribution in [0.15, 0.2) is 24.5 Å². The quantitative estimate of drug-likeness (QED) is 0.376. The highest BCUT2D eigenvalue weighted by atomic mass is 16.5. The number of unbranched alkanes of at least 4 members (excludes halogenated alkanes) is 1. The highest BCUT2D eigenvalue weighted by Crippen LogP contribution is 1.98. The highest BCUT2D eigenvalue weighted by Gasteiger charge is 1.97. The zero-order valence-corrected chi connectivity index (χ0v) is 7.25. The maximum atomic E-state index is 10.3. The molecule has 0 aliphatic heterocycles. The summed E-state index contributed by atoms with van der Waals surface area (Å²) in [5.74, 6) is -0.861. The van der Waals surface area contributed by atoms with E-state index in [1.54, 1.807) is 13.0 Å². The number of carboxylic acids is 1. The van der Waals surface area contributed by atoms with Crippen LogP contribution in [0.4, 0.5) is 0 Å². The lowest BCUT2D eigenvalue weighted by molar-refractivity contribution is -0.132. The summed E-state index contributed by atoms with van der Waals surface area (Å²) in [5.41, 5.74) is 0.383. The molecule has 0 saturated heterocycles. The van der Waals surface area contributed by atoms with Gasteiger partial charge in [0.15, 0.2) is 0 Å². The maximum absolute atomic E-state index is 10.3. The molecular formula is C9H14O3. The average Bonchev–Trinajstić information content (AvgIpc) is 2.03. The van der Waals surface area contributed by atoms with E-state index in [4.69, 9.17) is 9.84 Å². The van der Waals surface area contributed by atoms with E-state index in [0.29, 0.717) is 12.2 Å². The van der Waals surface area contributed by atoms with Crippen LogP contribution in [0, 0.1) is 0 Å². The summed E-state index contributed by atoms with van der Waals surface area (Å²) in [6, 6.07) is 0. The summed E-state index contributed by atoms with van der Waals surface area (Å²) in [6.07, 6.45) is 4.62. The van der Waals surface area contributed by atoms with Gasteiger partial charge in [-0.3, -0.25) is 0 Å². The van der Waals surface area contributed by atoms with Crippen molar-refractivity contribution in [1.29, 1.82) is 0 Å². The van der Waals surface area contributed by atoms with Crippen molar-refractivity contribution in [3.63, 3.8) is 0 Å². The summed E-state index contributed by atoms with van der Waals surface area (Å²) < 4.78 is 4.86. The van der Waals surface area contributed by atoms with Gasteiger partial charge in [0.1, 0.15) is 0 Å². The SMILES string of the molecule is C=COCCCC=C(C)C(=O)O. The van der Waals surface area contributed by atoms with E-state index in [1.807, 2.05) is 0 Å². The van der Waals surface area contributed by atoms with Gasteiger partial charge < -0.3 is 9.84 Å². The van der Waals surface area contributed by atoms with Crippen LogP contribution >= 0.6 is 0 Å². The molecule has 0 fully saturated rings. The molecule has 0 unspecified atom stereocenters. The molecule has 0 aromatic heterocycles. The zero-order chi connectivity index (χ0) is 9.40. The molecule has 0 heterocycles. The molecule has 0 aliphatic rings. The third-order valence-electron chi connectivity index (χ3n) is 1.37. The second kappa shape index (κ2) is 6.46. The summed E-state index contributed by atoms with van der Waals surface area (Å²) in [7, 11) is 0. The number of rotatable bonds is 6. The highest BCUT2D eigenvalue weighted by molar-refractivity contribution is 5.85. The predicted octanol–water partition coefficient (Wildman–Crippen LogP) is 1.96. The molecule has 68 valence electrons. The third kappa shape index (κ3) is 5.53. The summed E-state index contributed by atoms with van der Waals surface area (Å²) in [5, 5.41) is 8.47. The molecule has 0 aromatic carbocycles. The van der Waals surface area contributed by atoms with Crippen LogP contribution in [0.1, 0.15) is 19.8 Å². The van der Waals surface area contributed by atoms with E-state index in [-0.39, 0.29) is 0 Å². The summed E-state index contributed by atoms with van der Waals surface area (Å²) in [4.78, 5) is 10.3. The number of hydrogen-bond acceptors (Lipinski definition) is 2. The first-order chi connectivity index (χ1) is 5.68. The van der Waals surface area contributed by atoms with E-state index >= 15 is 0 Å². The lowest BCUT2D eigenvalue weighted by atomic mass is 10.2. The Kier molecular flexibility index (Phi) is 5.79. The smallest absolute Gasteiger partial charge is 0.330 e. The van der Waals surface area contributed by atoms with Gasteiger partial charge in [0.05, 0.1) is 12.9 Å². The van der Waals surface area contributed by atoms with Crippen LogP contribution in [-0.2, 0) is 9.53 Å². The van der Waals surface area contributed by atoms with Gasteiger partial charge in [-0.1, -0.05) is 12.7 Å². The molecule has 0 atom stereocenters. The van der Waals surface area contributed by atoms with E-state index < -0.39 is 5.97 Å². The van der Waals surface area contributed by atoms with Gasteiger partial charge in [0.25, 0.3) is 0 Å². The molecule has 0 aliphatic carbocycles. The van der Waals surface area contributed by atoms with E-state index in [2.05, 4.69) is 6.58 Å². The van der Waals surface area contributed by atoms with Crippen LogP contribution in [0.2, 0.25) is 0 Å². The monoisotopic (exact) mass is 170 g/mol. The minimum atomic E-state index is -0.861. The van der Waals surface area contributed by atoms with Crippen LogP contribution < -0.4 is 0 Å². The summed E-state index contributed by atoms with van der Waals surface area (Å²) in [6.45, 7) is 5.56. The van der Waals surface area contributed by atoms with Crippen molar-refractivity contribution >= 4 is 5.97 Å². The first kappa shape index (κ1) is 10.8. The average molecular weight is 170 g/mol. The molecule has 0 amide bonds. The van der Waals surface area contributed by atoms with E-state index in [1.165, 1.54) is 6.26 Å². The minimum absolute atomic E-state index is 0.383. The van der Waals surface area contributed by atoms with Gasteiger partial charge in [-0.2, -0.15) is 0 Å². The first-order valence-corrected chi connectivity index (χ1v) is 3.81. The maximum Gasteiger partial charge on any atom is 0.330 e. The molecule has 0 aromatic rings. The van der Waals surface area contributed by atoms with Crippen molar-refractivity contribution in [3.05, 3.63) is 24.5 Å². The third-order valence-corrected chi connectivity index (χ3v) is 1.37. The Morgan fingerprint density at radius 2 is 2.33 bits per heavy atom. The van der Waals surface area contributed by atoms with Crippen molar-refractivity contribution in [2.24, 2.45) is 0 Å². The lowest BCUT2D eigenvalue weighted by Crippen LogP contribution is -1.96. The lowest BCUT2D eigenvalue weighted by Gasteiger charge is -1.97. The number of allylic oxidation sites excluding steroid dienone is 1. The zero-order valence-electron chi connectivity index (χ0n) is 7.25. The van der Waals surface area contributed by atoms with Crippen molar-refractivity contribution in [2.45, 2.75) is 19.8 Å². The van der Waals surface area contributed by atoms with E-state index in [0.717, 1.165) is 12.8 Å². The van der Waals surface area contributed by atoms with E-state index in [9.17, 15) is 4.79 Å². The summed E-state index contributed by atoms with van der Waals surface area (Å²) >= 11 is 0. The number of ether oxygens (including phenoxy) is 1. The molecule has 0 saturated carbocycles. The van der Waals surface area contributed by atoms with Crippen LogP contribution in [0.3, 0.4) is 0 Å². The van der Waals surface area contributed by atoms with Gasteiger partial charge in [0, 0.05) is 5.57 Å². The standard InChI is InChI=1S/C9H14O3/c1-3-12-7-5-4-6-8(2)9(10)11/h3,6H,1,4-5,7H2,2H3,(H,10,11). The molecule has 3 heteroatoms. The van der Waals surface area contributed by atoms with Crippen LogP contribution in [-0.4, -0.2) is 17.7 Å². The molecule has 0 rings (SSSR count). The fourth-order valence-corrected chi connectivity index (χ4v) is 0.656. The van der Waals surface area contributed by atoms with Gasteiger partial charge in [-0.25, -0.2) is 4.79 Å². The van der Waals surface area contributed by atoms with Crippen molar-refractivity contribution in [3.8, 4) is 0 Å². The Morgan fingerprint density at radius 1 is 1.67 bits per heavy atom. The fraction of sp³-hybridized carbons (Fsp3) is 0.444. The number of carbonyl (C=O) groups is 1. The molecular weight excluding hydrogens is 156 g/mol. The Morgan fingerprint density at radius 3 is 2.83 bits per heavy atom. The Labute approximate surface area is 72.3 Å². The first-order valence-electron chi connectivity index (χ1n) is 3.81. The normalized spacial score (nSPS) is 10.9.